The number of aromatic nitrogens is 2. The van der Waals surface area contributed by atoms with Crippen molar-refractivity contribution in [2.75, 3.05) is 0 Å². The van der Waals surface area contributed by atoms with Crippen molar-refractivity contribution in [3.8, 4) is 0 Å². The fourth-order valence-corrected chi connectivity index (χ4v) is 4.97. The number of rotatable bonds is 6. The fourth-order valence-electron chi connectivity index (χ4n) is 4.97. The highest BCUT2D eigenvalue weighted by Gasteiger charge is 2.38. The second-order valence-corrected chi connectivity index (χ2v) is 11.3. The summed E-state index contributed by atoms with van der Waals surface area (Å²) in [5.41, 5.74) is 13.0. The van der Waals surface area contributed by atoms with Crippen LogP contribution in [-0.4, -0.2) is 9.97 Å². The van der Waals surface area contributed by atoms with Crippen LogP contribution < -0.4 is 0 Å². The molecular formula is C29H46N2. The number of hydrogen-bond donors (Lipinski definition) is 0. The van der Waals surface area contributed by atoms with Gasteiger partial charge in [0, 0.05) is 33.6 Å². The average Bonchev–Trinajstić information content (AvgIpc) is 2.69. The minimum Gasteiger partial charge on any atom is -0.257 e. The molecule has 2 atom stereocenters. The molecule has 0 bridgehead atoms. The van der Waals surface area contributed by atoms with E-state index >= 15 is 0 Å². The molecule has 0 amide bonds. The molecule has 0 saturated heterocycles. The van der Waals surface area contributed by atoms with Crippen LogP contribution in [0.15, 0.2) is 0 Å². The van der Waals surface area contributed by atoms with Crippen molar-refractivity contribution < 1.29 is 0 Å². The summed E-state index contributed by atoms with van der Waals surface area (Å²) in [7, 11) is 0. The zero-order valence-corrected chi connectivity index (χ0v) is 22.8. The van der Waals surface area contributed by atoms with Crippen molar-refractivity contribution in [1.29, 1.82) is 0 Å². The van der Waals surface area contributed by atoms with Crippen LogP contribution >= 0.6 is 0 Å². The number of pyridine rings is 2. The Hall–Kier alpha value is -1.70. The second-order valence-electron chi connectivity index (χ2n) is 11.3. The number of nitrogens with zero attached hydrogens (tertiary/aromatic N) is 2. The molecule has 2 unspecified atom stereocenters. The summed E-state index contributed by atoms with van der Waals surface area (Å²) in [5.74, 6) is 1.00. The van der Waals surface area contributed by atoms with Gasteiger partial charge in [0.2, 0.25) is 0 Å². The Morgan fingerprint density at radius 2 is 0.806 bits per heavy atom. The molecule has 172 valence electrons. The van der Waals surface area contributed by atoms with E-state index in [9.17, 15) is 0 Å². The Kier molecular flexibility index (Phi) is 7.16. The molecule has 2 aromatic heterocycles. The lowest BCUT2D eigenvalue weighted by molar-refractivity contribution is 0.218. The average molecular weight is 423 g/mol. The van der Waals surface area contributed by atoms with Gasteiger partial charge < -0.3 is 0 Å². The third-order valence-electron chi connectivity index (χ3n) is 9.00. The molecule has 0 N–H and O–H groups in total. The molecule has 2 nitrogen and oxygen atoms in total. The van der Waals surface area contributed by atoms with E-state index in [0.29, 0.717) is 11.8 Å². The normalized spacial score (nSPS) is 14.6. The van der Waals surface area contributed by atoms with E-state index in [1.54, 1.807) is 0 Å². The third-order valence-corrected chi connectivity index (χ3v) is 9.00. The first-order chi connectivity index (χ1) is 14.0. The van der Waals surface area contributed by atoms with Crippen molar-refractivity contribution in [1.82, 2.24) is 9.97 Å². The topological polar surface area (TPSA) is 25.8 Å². The summed E-state index contributed by atoms with van der Waals surface area (Å²) in [6.07, 6.45) is 1.14. The smallest absolute Gasteiger partial charge is 0.0497 e. The van der Waals surface area contributed by atoms with Crippen LogP contribution in [0, 0.1) is 67.2 Å². The van der Waals surface area contributed by atoms with Gasteiger partial charge in [0.25, 0.3) is 0 Å². The van der Waals surface area contributed by atoms with E-state index in [0.717, 1.165) is 17.8 Å². The van der Waals surface area contributed by atoms with Gasteiger partial charge in [0.15, 0.2) is 0 Å². The van der Waals surface area contributed by atoms with Crippen LogP contribution in [0.2, 0.25) is 0 Å². The molecule has 31 heavy (non-hydrogen) atoms. The van der Waals surface area contributed by atoms with Crippen molar-refractivity contribution in [3.05, 3.63) is 56.2 Å². The Labute approximate surface area is 192 Å². The number of aryl methyl sites for hydroxylation is 2. The van der Waals surface area contributed by atoms with Gasteiger partial charge in [0.1, 0.15) is 0 Å². The van der Waals surface area contributed by atoms with E-state index in [4.69, 9.17) is 9.97 Å². The highest BCUT2D eigenvalue weighted by Crippen LogP contribution is 2.43. The molecule has 0 saturated carbocycles. The van der Waals surface area contributed by atoms with Gasteiger partial charge in [0.05, 0.1) is 0 Å². The third kappa shape index (κ3) is 4.45. The van der Waals surface area contributed by atoms with E-state index in [1.807, 2.05) is 0 Å². The van der Waals surface area contributed by atoms with Crippen LogP contribution in [0.3, 0.4) is 0 Å². The van der Waals surface area contributed by atoms with E-state index < -0.39 is 0 Å². The summed E-state index contributed by atoms with van der Waals surface area (Å²) in [5, 5.41) is 0. The zero-order chi connectivity index (χ0) is 24.0. The predicted octanol–water partition coefficient (Wildman–Crippen LogP) is 7.86. The maximum absolute atomic E-state index is 5.09. The molecule has 0 aromatic carbocycles. The van der Waals surface area contributed by atoms with Crippen LogP contribution in [0.4, 0.5) is 0 Å². The van der Waals surface area contributed by atoms with Crippen molar-refractivity contribution in [2.45, 2.75) is 114 Å². The van der Waals surface area contributed by atoms with Gasteiger partial charge in [-0.15, -0.1) is 0 Å². The van der Waals surface area contributed by atoms with Crippen molar-refractivity contribution in [2.24, 2.45) is 11.8 Å². The largest absolute Gasteiger partial charge is 0.257 e. The van der Waals surface area contributed by atoms with Gasteiger partial charge in [-0.25, -0.2) is 0 Å². The van der Waals surface area contributed by atoms with Crippen LogP contribution in [0.5, 0.6) is 0 Å². The highest BCUT2D eigenvalue weighted by atomic mass is 14.8. The highest BCUT2D eigenvalue weighted by molar-refractivity contribution is 5.42. The minimum atomic E-state index is 0.0131. The molecule has 2 heterocycles. The van der Waals surface area contributed by atoms with E-state index in [1.165, 1.54) is 44.8 Å². The van der Waals surface area contributed by atoms with E-state index in [2.05, 4.69) is 96.9 Å². The lowest BCUT2D eigenvalue weighted by Gasteiger charge is -2.40. The second kappa shape index (κ2) is 8.68. The van der Waals surface area contributed by atoms with E-state index in [-0.39, 0.29) is 10.8 Å². The van der Waals surface area contributed by atoms with Crippen LogP contribution in [0.1, 0.15) is 104 Å². The fraction of sp³-hybridized carbons (Fsp3) is 0.655. The summed E-state index contributed by atoms with van der Waals surface area (Å²) in [6.45, 7) is 32.0. The van der Waals surface area contributed by atoms with Crippen LogP contribution in [0.25, 0.3) is 0 Å². The molecule has 0 aliphatic carbocycles. The quantitative estimate of drug-likeness (QED) is 0.473. The summed E-state index contributed by atoms with van der Waals surface area (Å²) in [4.78, 5) is 10.2. The first-order valence-corrected chi connectivity index (χ1v) is 11.9. The summed E-state index contributed by atoms with van der Waals surface area (Å²) >= 11 is 0. The number of hydrogen-bond acceptors (Lipinski definition) is 2. The van der Waals surface area contributed by atoms with Crippen LogP contribution in [-0.2, 0) is 10.8 Å². The van der Waals surface area contributed by atoms with Gasteiger partial charge in [-0.3, -0.25) is 9.97 Å². The lowest BCUT2D eigenvalue weighted by Crippen LogP contribution is -2.36. The maximum atomic E-state index is 5.09. The Balaban J connectivity index is 2.40. The summed E-state index contributed by atoms with van der Waals surface area (Å²) < 4.78 is 0. The molecule has 0 spiro atoms. The van der Waals surface area contributed by atoms with Crippen molar-refractivity contribution >= 4 is 0 Å². The molecule has 2 aromatic rings. The summed E-state index contributed by atoms with van der Waals surface area (Å²) in [6, 6.07) is 0. The zero-order valence-electron chi connectivity index (χ0n) is 22.8. The first kappa shape index (κ1) is 25.6. The molecule has 2 rings (SSSR count). The Bertz CT molecular complexity index is 900. The first-order valence-electron chi connectivity index (χ1n) is 11.9. The van der Waals surface area contributed by atoms with Gasteiger partial charge >= 0.3 is 0 Å². The molecule has 0 fully saturated rings. The SMILES string of the molecule is Cc1nc(C(C)(C)C(C)CC(C)C(C)(C)c2nc(C)c(C)c(C)c2C)c(C)c(C)c1C. The van der Waals surface area contributed by atoms with Gasteiger partial charge in [-0.2, -0.15) is 0 Å². The molecule has 0 radical (unpaired) electrons. The lowest BCUT2D eigenvalue weighted by atomic mass is 9.66. The Morgan fingerprint density at radius 1 is 0.516 bits per heavy atom. The van der Waals surface area contributed by atoms with Crippen molar-refractivity contribution in [3.63, 3.8) is 0 Å². The monoisotopic (exact) mass is 422 g/mol. The maximum Gasteiger partial charge on any atom is 0.0497 e. The molecule has 0 aliphatic heterocycles. The molecule has 0 aliphatic rings. The standard InChI is InChI=1S/C29H46N2/c1-16(28(11,12)26-22(7)18(3)20(5)24(9)30-26)15-17(2)29(13,14)27-23(8)19(4)21(6)25(10)31-27/h16-17H,15H2,1-14H3. The minimum absolute atomic E-state index is 0.0131. The van der Waals surface area contributed by atoms with Gasteiger partial charge in [-0.05, 0) is 107 Å². The molecular weight excluding hydrogens is 376 g/mol. The predicted molar refractivity (Wildman–Crippen MR) is 135 cm³/mol. The Morgan fingerprint density at radius 3 is 1.10 bits per heavy atom. The molecule has 2 heteroatoms. The van der Waals surface area contributed by atoms with Gasteiger partial charge in [-0.1, -0.05) is 41.5 Å².